The number of nitrogens with zero attached hydrogens (tertiary/aromatic N) is 6. The van der Waals surface area contributed by atoms with Crippen molar-refractivity contribution < 1.29 is 9.13 Å². The number of tetrazole rings is 1. The van der Waals surface area contributed by atoms with E-state index in [0.29, 0.717) is 54.5 Å². The van der Waals surface area contributed by atoms with Crippen molar-refractivity contribution in [1.29, 1.82) is 0 Å². The molecule has 10 heteroatoms. The van der Waals surface area contributed by atoms with Gasteiger partial charge in [0.1, 0.15) is 17.6 Å². The molecule has 5 rings (SSSR count). The largest absolute Gasteiger partial charge is 0.497 e. The summed E-state index contributed by atoms with van der Waals surface area (Å²) in [6.45, 7) is 8.51. The third-order valence-corrected chi connectivity index (χ3v) is 6.62. The van der Waals surface area contributed by atoms with E-state index >= 15 is 0 Å². The normalized spacial score (nSPS) is 15.9. The lowest BCUT2D eigenvalue weighted by molar-refractivity contribution is 0.190. The Labute approximate surface area is 208 Å². The third-order valence-electron chi connectivity index (χ3n) is 6.62. The van der Waals surface area contributed by atoms with E-state index in [0.717, 1.165) is 5.39 Å². The Bertz CT molecular complexity index is 1430. The van der Waals surface area contributed by atoms with Crippen LogP contribution in [0.25, 0.3) is 10.9 Å². The molecule has 1 aliphatic rings. The zero-order valence-corrected chi connectivity index (χ0v) is 20.9. The van der Waals surface area contributed by atoms with Crippen molar-refractivity contribution in [3.05, 3.63) is 76.1 Å². The van der Waals surface area contributed by atoms with Crippen LogP contribution in [0.3, 0.4) is 0 Å². The molecule has 0 amide bonds. The fourth-order valence-corrected chi connectivity index (χ4v) is 4.80. The minimum atomic E-state index is -0.475. The Morgan fingerprint density at radius 2 is 1.81 bits per heavy atom. The number of rotatable bonds is 5. The van der Waals surface area contributed by atoms with Crippen LogP contribution in [0.5, 0.6) is 5.75 Å². The third kappa shape index (κ3) is 4.44. The van der Waals surface area contributed by atoms with Crippen molar-refractivity contribution in [2.75, 3.05) is 38.2 Å². The van der Waals surface area contributed by atoms with Gasteiger partial charge in [-0.05, 0) is 66.9 Å². The zero-order valence-electron chi connectivity index (χ0n) is 20.9. The van der Waals surface area contributed by atoms with E-state index < -0.39 is 6.04 Å². The average molecular weight is 492 g/mol. The molecule has 2 aromatic carbocycles. The molecule has 3 heterocycles. The van der Waals surface area contributed by atoms with Crippen molar-refractivity contribution in [2.45, 2.75) is 32.4 Å². The molecule has 4 aromatic rings. The molecule has 0 saturated carbocycles. The summed E-state index contributed by atoms with van der Waals surface area (Å²) in [7, 11) is 1.59. The highest BCUT2D eigenvalue weighted by molar-refractivity contribution is 5.80. The number of para-hydroxylation sites is 1. The maximum Gasteiger partial charge on any atom is 0.253 e. The molecule has 0 radical (unpaired) electrons. The first-order chi connectivity index (χ1) is 17.3. The Morgan fingerprint density at radius 1 is 1.06 bits per heavy atom. The summed E-state index contributed by atoms with van der Waals surface area (Å²) in [5.74, 6) is 1.03. The van der Waals surface area contributed by atoms with Gasteiger partial charge in [0.05, 0.1) is 23.9 Å². The van der Waals surface area contributed by atoms with Crippen molar-refractivity contribution in [3.8, 4) is 5.75 Å². The second-order valence-electron chi connectivity index (χ2n) is 10.0. The van der Waals surface area contributed by atoms with E-state index in [-0.39, 0.29) is 16.9 Å². The van der Waals surface area contributed by atoms with E-state index in [9.17, 15) is 9.18 Å². The minimum Gasteiger partial charge on any atom is -0.497 e. The van der Waals surface area contributed by atoms with Crippen LogP contribution in [-0.2, 0) is 5.54 Å². The fraction of sp³-hybridized carbons (Fsp3) is 0.385. The first-order valence-corrected chi connectivity index (χ1v) is 12.0. The van der Waals surface area contributed by atoms with Crippen LogP contribution in [0, 0.1) is 5.82 Å². The summed E-state index contributed by atoms with van der Waals surface area (Å²) in [5.41, 5.74) is 1.25. The summed E-state index contributed by atoms with van der Waals surface area (Å²) in [4.78, 5) is 20.7. The number of methoxy groups -OCH3 is 1. The lowest BCUT2D eigenvalue weighted by Gasteiger charge is -2.40. The van der Waals surface area contributed by atoms with Crippen molar-refractivity contribution >= 4 is 16.6 Å². The lowest BCUT2D eigenvalue weighted by Crippen LogP contribution is -2.49. The number of aromatic amines is 1. The van der Waals surface area contributed by atoms with Crippen LogP contribution in [0.1, 0.15) is 38.2 Å². The number of piperazine rings is 1. The van der Waals surface area contributed by atoms with Gasteiger partial charge in [0, 0.05) is 37.8 Å². The molecule has 1 N–H and O–H groups in total. The molecule has 0 unspecified atom stereocenters. The van der Waals surface area contributed by atoms with Crippen LogP contribution >= 0.6 is 0 Å². The number of fused-ring (bicyclic) bond motifs is 1. The van der Waals surface area contributed by atoms with Crippen LogP contribution < -0.4 is 15.2 Å². The highest BCUT2D eigenvalue weighted by atomic mass is 19.1. The smallest absolute Gasteiger partial charge is 0.253 e. The van der Waals surface area contributed by atoms with Crippen LogP contribution in [0.2, 0.25) is 0 Å². The molecule has 0 spiro atoms. The van der Waals surface area contributed by atoms with Crippen LogP contribution in [0.4, 0.5) is 10.1 Å². The Morgan fingerprint density at radius 3 is 2.50 bits per heavy atom. The van der Waals surface area contributed by atoms with E-state index in [2.05, 4.69) is 25.4 Å². The minimum absolute atomic E-state index is 0.208. The van der Waals surface area contributed by atoms with Gasteiger partial charge in [-0.25, -0.2) is 9.07 Å². The van der Waals surface area contributed by atoms with E-state index in [1.807, 2.05) is 56.0 Å². The van der Waals surface area contributed by atoms with Gasteiger partial charge >= 0.3 is 0 Å². The quantitative estimate of drug-likeness (QED) is 0.458. The number of benzene rings is 2. The van der Waals surface area contributed by atoms with Gasteiger partial charge in [-0.2, -0.15) is 0 Å². The van der Waals surface area contributed by atoms with Crippen LogP contribution in [0.15, 0.2) is 53.3 Å². The Kier molecular flexibility index (Phi) is 6.21. The van der Waals surface area contributed by atoms with Crippen LogP contribution in [-0.4, -0.2) is 63.4 Å². The fourth-order valence-electron chi connectivity index (χ4n) is 4.80. The SMILES string of the molecule is COc1ccc2cc([C@H](c3nnnn3C(C)(C)C)N3CCN(c4ccccc4F)CC3)c(=O)[nH]c2c1. The van der Waals surface area contributed by atoms with Gasteiger partial charge in [0.15, 0.2) is 5.82 Å². The molecule has 2 aromatic heterocycles. The van der Waals surface area contributed by atoms with Gasteiger partial charge in [-0.3, -0.25) is 9.69 Å². The van der Waals surface area contributed by atoms with Crippen molar-refractivity contribution in [3.63, 3.8) is 0 Å². The number of ether oxygens (including phenoxy) is 1. The number of anilines is 1. The highest BCUT2D eigenvalue weighted by Crippen LogP contribution is 2.31. The van der Waals surface area contributed by atoms with E-state index in [1.165, 1.54) is 6.07 Å². The number of hydrogen-bond donors (Lipinski definition) is 1. The van der Waals surface area contributed by atoms with Gasteiger partial charge in [-0.15, -0.1) is 5.10 Å². The molecule has 1 aliphatic heterocycles. The number of H-pyrrole nitrogens is 1. The second-order valence-corrected chi connectivity index (χ2v) is 10.0. The summed E-state index contributed by atoms with van der Waals surface area (Å²) in [6.07, 6.45) is 0. The Balaban J connectivity index is 1.56. The first kappa shape index (κ1) is 23.9. The molecule has 1 saturated heterocycles. The molecule has 188 valence electrons. The molecule has 1 fully saturated rings. The van der Waals surface area contributed by atoms with E-state index in [4.69, 9.17) is 4.74 Å². The number of aromatic nitrogens is 5. The lowest BCUT2D eigenvalue weighted by atomic mass is 10.0. The summed E-state index contributed by atoms with van der Waals surface area (Å²) in [5, 5.41) is 13.5. The van der Waals surface area contributed by atoms with Crippen molar-refractivity contribution in [1.82, 2.24) is 30.1 Å². The summed E-state index contributed by atoms with van der Waals surface area (Å²) in [6, 6.07) is 13.8. The Hall–Kier alpha value is -3.79. The average Bonchev–Trinajstić information content (AvgIpc) is 3.35. The molecular weight excluding hydrogens is 461 g/mol. The van der Waals surface area contributed by atoms with Crippen molar-refractivity contribution in [2.24, 2.45) is 0 Å². The van der Waals surface area contributed by atoms with Gasteiger partial charge in [0.25, 0.3) is 5.56 Å². The molecule has 1 atom stereocenters. The molecule has 36 heavy (non-hydrogen) atoms. The summed E-state index contributed by atoms with van der Waals surface area (Å²) < 4.78 is 21.5. The van der Waals surface area contributed by atoms with E-state index in [1.54, 1.807) is 23.9 Å². The maximum atomic E-state index is 14.4. The molecule has 9 nitrogen and oxygen atoms in total. The monoisotopic (exact) mass is 491 g/mol. The maximum absolute atomic E-state index is 14.4. The topological polar surface area (TPSA) is 92.2 Å². The standard InChI is InChI=1S/C26H30FN7O2/c1-26(2,3)34-24(29-30-31-34)23(19-15-17-9-10-18(36-4)16-21(17)28-25(19)35)33-13-11-32(12-14-33)22-8-6-5-7-20(22)27/h5-10,15-16,23H,11-14H2,1-4H3,(H,28,35)/t23-/m1/s1. The number of hydrogen-bond acceptors (Lipinski definition) is 7. The molecule has 0 bridgehead atoms. The predicted molar refractivity (Wildman–Crippen MR) is 136 cm³/mol. The van der Waals surface area contributed by atoms with Gasteiger partial charge in [-0.1, -0.05) is 12.1 Å². The first-order valence-electron chi connectivity index (χ1n) is 12.0. The number of pyridine rings is 1. The second kappa shape index (κ2) is 9.34. The number of nitrogens with one attached hydrogen (secondary N) is 1. The molecular formula is C26H30FN7O2. The predicted octanol–water partition coefficient (Wildman–Crippen LogP) is 3.33. The number of halogens is 1. The zero-order chi connectivity index (χ0) is 25.4. The molecule has 0 aliphatic carbocycles. The van der Waals surface area contributed by atoms with Gasteiger partial charge < -0.3 is 14.6 Å². The highest BCUT2D eigenvalue weighted by Gasteiger charge is 2.35. The van der Waals surface area contributed by atoms with Gasteiger partial charge in [0.2, 0.25) is 0 Å². The summed E-state index contributed by atoms with van der Waals surface area (Å²) >= 11 is 0.